The topological polar surface area (TPSA) is 15.3 Å². The van der Waals surface area contributed by atoms with Gasteiger partial charge >= 0.3 is 0 Å². The second-order valence-electron chi connectivity index (χ2n) is 7.44. The zero-order valence-corrected chi connectivity index (χ0v) is 13.7. The van der Waals surface area contributed by atoms with Gasteiger partial charge in [0, 0.05) is 24.7 Å². The van der Waals surface area contributed by atoms with Gasteiger partial charge in [0.15, 0.2) is 0 Å². The first-order valence-electron chi connectivity index (χ1n) is 8.52. The van der Waals surface area contributed by atoms with Gasteiger partial charge in [0.2, 0.25) is 0 Å². The van der Waals surface area contributed by atoms with Gasteiger partial charge in [0.25, 0.3) is 0 Å². The smallest absolute Gasteiger partial charge is 0.0278 e. The molecule has 2 heteroatoms. The van der Waals surface area contributed by atoms with Gasteiger partial charge in [-0.1, -0.05) is 27.7 Å². The maximum absolute atomic E-state index is 3.79. The van der Waals surface area contributed by atoms with Crippen LogP contribution in [0.2, 0.25) is 0 Å². The second-order valence-corrected chi connectivity index (χ2v) is 7.44. The Bertz CT molecular complexity index is 278. The van der Waals surface area contributed by atoms with Crippen LogP contribution in [0.4, 0.5) is 0 Å². The highest BCUT2D eigenvalue weighted by molar-refractivity contribution is 4.96. The van der Waals surface area contributed by atoms with Crippen LogP contribution in [0, 0.1) is 17.8 Å². The van der Waals surface area contributed by atoms with Gasteiger partial charge in [-0.25, -0.2) is 0 Å². The Morgan fingerprint density at radius 3 is 2.42 bits per heavy atom. The quantitative estimate of drug-likeness (QED) is 0.841. The summed E-state index contributed by atoms with van der Waals surface area (Å²) in [6.07, 6.45) is 5.57. The maximum atomic E-state index is 3.79. The van der Waals surface area contributed by atoms with E-state index in [0.29, 0.717) is 6.04 Å². The van der Waals surface area contributed by atoms with E-state index in [9.17, 15) is 0 Å². The fourth-order valence-corrected chi connectivity index (χ4v) is 4.60. The molecule has 0 aromatic rings. The number of likely N-dealkylation sites (N-methyl/N-ethyl adjacent to an activating group) is 1. The molecule has 0 amide bonds. The van der Waals surface area contributed by atoms with Crippen molar-refractivity contribution in [2.75, 3.05) is 13.1 Å². The normalized spacial score (nSPS) is 45.3. The van der Waals surface area contributed by atoms with E-state index >= 15 is 0 Å². The molecule has 0 bridgehead atoms. The molecule has 1 aliphatic heterocycles. The summed E-state index contributed by atoms with van der Waals surface area (Å²) in [7, 11) is 0. The van der Waals surface area contributed by atoms with Crippen molar-refractivity contribution >= 4 is 0 Å². The minimum Gasteiger partial charge on any atom is -0.313 e. The Labute approximate surface area is 120 Å². The third-order valence-corrected chi connectivity index (χ3v) is 5.44. The molecule has 1 saturated carbocycles. The van der Waals surface area contributed by atoms with Crippen molar-refractivity contribution in [2.45, 2.75) is 78.4 Å². The van der Waals surface area contributed by atoms with Gasteiger partial charge in [0.05, 0.1) is 0 Å². The van der Waals surface area contributed by atoms with Crippen molar-refractivity contribution in [2.24, 2.45) is 17.8 Å². The molecule has 6 atom stereocenters. The largest absolute Gasteiger partial charge is 0.313 e. The molecule has 112 valence electrons. The lowest BCUT2D eigenvalue weighted by atomic mass is 9.74. The Morgan fingerprint density at radius 1 is 1.00 bits per heavy atom. The molecule has 0 radical (unpaired) electrons. The Hall–Kier alpha value is -0.0800. The van der Waals surface area contributed by atoms with Crippen LogP contribution in [0.25, 0.3) is 0 Å². The first-order chi connectivity index (χ1) is 9.02. The molecule has 2 nitrogen and oxygen atoms in total. The number of nitrogens with one attached hydrogen (secondary N) is 1. The lowest BCUT2D eigenvalue weighted by Gasteiger charge is -2.51. The fourth-order valence-electron chi connectivity index (χ4n) is 4.60. The first-order valence-corrected chi connectivity index (χ1v) is 8.52. The number of hydrogen-bond donors (Lipinski definition) is 1. The van der Waals surface area contributed by atoms with Crippen molar-refractivity contribution in [1.29, 1.82) is 0 Å². The van der Waals surface area contributed by atoms with Crippen LogP contribution in [-0.2, 0) is 0 Å². The van der Waals surface area contributed by atoms with Crippen LogP contribution in [0.3, 0.4) is 0 Å². The van der Waals surface area contributed by atoms with Gasteiger partial charge in [-0.2, -0.15) is 0 Å². The van der Waals surface area contributed by atoms with Crippen molar-refractivity contribution < 1.29 is 0 Å². The molecule has 19 heavy (non-hydrogen) atoms. The summed E-state index contributed by atoms with van der Waals surface area (Å²) in [6, 6.07) is 2.24. The summed E-state index contributed by atoms with van der Waals surface area (Å²) in [6.45, 7) is 14.5. The second kappa shape index (κ2) is 6.58. The molecular weight excluding hydrogens is 232 g/mol. The zero-order chi connectivity index (χ0) is 14.0. The van der Waals surface area contributed by atoms with E-state index in [2.05, 4.69) is 44.8 Å². The van der Waals surface area contributed by atoms with E-state index in [-0.39, 0.29) is 0 Å². The predicted molar refractivity (Wildman–Crippen MR) is 83.4 cm³/mol. The van der Waals surface area contributed by atoms with Gasteiger partial charge in [0.1, 0.15) is 0 Å². The van der Waals surface area contributed by atoms with E-state index in [1.165, 1.54) is 32.2 Å². The summed E-state index contributed by atoms with van der Waals surface area (Å²) in [5, 5.41) is 3.79. The minimum atomic E-state index is 0.705. The number of piperidine rings is 1. The summed E-state index contributed by atoms with van der Waals surface area (Å²) in [5.74, 6) is 2.60. The lowest BCUT2D eigenvalue weighted by molar-refractivity contribution is 0.00282. The highest BCUT2D eigenvalue weighted by Gasteiger charge is 2.40. The van der Waals surface area contributed by atoms with E-state index in [1.807, 2.05) is 0 Å². The van der Waals surface area contributed by atoms with Crippen molar-refractivity contribution in [3.8, 4) is 0 Å². The summed E-state index contributed by atoms with van der Waals surface area (Å²) >= 11 is 0. The summed E-state index contributed by atoms with van der Waals surface area (Å²) < 4.78 is 0. The van der Waals surface area contributed by atoms with Crippen LogP contribution < -0.4 is 5.32 Å². The van der Waals surface area contributed by atoms with Gasteiger partial charge in [-0.3, -0.25) is 4.90 Å². The van der Waals surface area contributed by atoms with Crippen molar-refractivity contribution in [1.82, 2.24) is 10.2 Å². The van der Waals surface area contributed by atoms with Crippen LogP contribution >= 0.6 is 0 Å². The van der Waals surface area contributed by atoms with E-state index in [0.717, 1.165) is 36.4 Å². The molecule has 2 rings (SSSR count). The summed E-state index contributed by atoms with van der Waals surface area (Å²) in [5.41, 5.74) is 0. The Morgan fingerprint density at radius 2 is 1.74 bits per heavy atom. The summed E-state index contributed by atoms with van der Waals surface area (Å²) in [4.78, 5) is 2.85. The molecule has 0 aromatic carbocycles. The van der Waals surface area contributed by atoms with Gasteiger partial charge < -0.3 is 5.32 Å². The van der Waals surface area contributed by atoms with Gasteiger partial charge in [-0.15, -0.1) is 0 Å². The predicted octanol–water partition coefficient (Wildman–Crippen LogP) is 3.52. The lowest BCUT2D eigenvalue weighted by Crippen LogP contribution is -2.60. The van der Waals surface area contributed by atoms with E-state index in [1.54, 1.807) is 0 Å². The van der Waals surface area contributed by atoms with Crippen molar-refractivity contribution in [3.05, 3.63) is 0 Å². The molecule has 6 unspecified atom stereocenters. The van der Waals surface area contributed by atoms with E-state index in [4.69, 9.17) is 0 Å². The fraction of sp³-hybridized carbons (Fsp3) is 1.00. The Balaban J connectivity index is 2.12. The van der Waals surface area contributed by atoms with Crippen molar-refractivity contribution in [3.63, 3.8) is 0 Å². The zero-order valence-electron chi connectivity index (χ0n) is 13.7. The molecule has 2 aliphatic rings. The third kappa shape index (κ3) is 3.52. The molecule has 0 aromatic heterocycles. The van der Waals surface area contributed by atoms with Gasteiger partial charge in [-0.05, 0) is 56.9 Å². The van der Waals surface area contributed by atoms with E-state index < -0.39 is 0 Å². The molecule has 1 aliphatic carbocycles. The highest BCUT2D eigenvalue weighted by Crippen LogP contribution is 2.36. The molecular formula is C17H34N2. The molecule has 1 saturated heterocycles. The molecule has 1 heterocycles. The third-order valence-electron chi connectivity index (χ3n) is 5.44. The highest BCUT2D eigenvalue weighted by atomic mass is 15.2. The SMILES string of the molecule is CCNC1CC(C)CC(C)C1N1CC(C)CCC1C. The number of nitrogens with zero attached hydrogens (tertiary/aromatic N) is 1. The molecule has 1 N–H and O–H groups in total. The standard InChI is InChI=1S/C17H34N2/c1-6-18-16-10-13(3)9-14(4)17(16)19-11-12(2)7-8-15(19)5/h12-18H,6-11H2,1-5H3. The Kier molecular flexibility index (Phi) is 5.30. The first kappa shape index (κ1) is 15.3. The minimum absolute atomic E-state index is 0.705. The van der Waals surface area contributed by atoms with Crippen LogP contribution in [0.15, 0.2) is 0 Å². The van der Waals surface area contributed by atoms with Crippen LogP contribution in [0.1, 0.15) is 60.3 Å². The number of likely N-dealkylation sites (tertiary alicyclic amines) is 1. The van der Waals surface area contributed by atoms with Crippen LogP contribution in [-0.4, -0.2) is 36.1 Å². The monoisotopic (exact) mass is 266 g/mol. The number of rotatable bonds is 3. The molecule has 0 spiro atoms. The van der Waals surface area contributed by atoms with Crippen LogP contribution in [0.5, 0.6) is 0 Å². The maximum Gasteiger partial charge on any atom is 0.0278 e. The molecule has 2 fully saturated rings. The average Bonchev–Trinajstić information content (AvgIpc) is 2.33. The number of hydrogen-bond acceptors (Lipinski definition) is 2. The average molecular weight is 266 g/mol.